The molecule has 1 unspecified atom stereocenters. The SMILES string of the molecule is Cc1ccc(C(=O)N2CC3(C2)C(C(=O)N2CCCC2)c2ccccc2C(=O)N3C(C)C)cc1F. The van der Waals surface area contributed by atoms with Crippen LogP contribution in [-0.4, -0.2) is 70.2 Å². The molecule has 1 spiro atoms. The molecule has 0 aliphatic carbocycles. The topological polar surface area (TPSA) is 60.9 Å². The number of hydrogen-bond donors (Lipinski definition) is 0. The number of aryl methyl sites for hydroxylation is 1. The summed E-state index contributed by atoms with van der Waals surface area (Å²) in [4.78, 5) is 46.1. The number of carbonyl (C=O) groups excluding carboxylic acids is 3. The summed E-state index contributed by atoms with van der Waals surface area (Å²) in [5.74, 6) is -1.33. The number of rotatable bonds is 3. The van der Waals surface area contributed by atoms with Gasteiger partial charge in [-0.2, -0.15) is 0 Å². The van der Waals surface area contributed by atoms with Gasteiger partial charge in [0, 0.05) is 43.3 Å². The first-order valence-corrected chi connectivity index (χ1v) is 12.0. The number of carbonyl (C=O) groups is 3. The van der Waals surface area contributed by atoms with Crippen LogP contribution in [0.3, 0.4) is 0 Å². The van der Waals surface area contributed by atoms with Crippen molar-refractivity contribution in [1.29, 1.82) is 0 Å². The van der Waals surface area contributed by atoms with Crippen molar-refractivity contribution in [2.24, 2.45) is 0 Å². The van der Waals surface area contributed by atoms with Crippen LogP contribution in [0.5, 0.6) is 0 Å². The van der Waals surface area contributed by atoms with Gasteiger partial charge in [-0.1, -0.05) is 24.3 Å². The Balaban J connectivity index is 1.55. The zero-order valence-electron chi connectivity index (χ0n) is 19.9. The summed E-state index contributed by atoms with van der Waals surface area (Å²) in [6.07, 6.45) is 1.95. The third-order valence-electron chi connectivity index (χ3n) is 7.55. The van der Waals surface area contributed by atoms with Crippen molar-refractivity contribution in [3.05, 3.63) is 70.5 Å². The lowest BCUT2D eigenvalue weighted by molar-refractivity contribution is -0.141. The lowest BCUT2D eigenvalue weighted by atomic mass is 9.67. The largest absolute Gasteiger partial charge is 0.342 e. The van der Waals surface area contributed by atoms with Gasteiger partial charge >= 0.3 is 0 Å². The molecule has 2 aromatic rings. The minimum Gasteiger partial charge on any atom is -0.342 e. The molecule has 2 saturated heterocycles. The van der Waals surface area contributed by atoms with Gasteiger partial charge in [-0.25, -0.2) is 4.39 Å². The Kier molecular flexibility index (Phi) is 5.46. The minimum absolute atomic E-state index is 0.0246. The first-order chi connectivity index (χ1) is 16.2. The van der Waals surface area contributed by atoms with E-state index >= 15 is 0 Å². The molecule has 0 N–H and O–H groups in total. The highest BCUT2D eigenvalue weighted by atomic mass is 19.1. The molecule has 2 aromatic carbocycles. The van der Waals surface area contributed by atoms with Crippen LogP contribution < -0.4 is 0 Å². The Morgan fingerprint density at radius 3 is 2.35 bits per heavy atom. The quantitative estimate of drug-likeness (QED) is 0.699. The normalized spacial score (nSPS) is 21.1. The van der Waals surface area contributed by atoms with Gasteiger partial charge < -0.3 is 14.7 Å². The lowest BCUT2D eigenvalue weighted by Crippen LogP contribution is -2.78. The second-order valence-corrected chi connectivity index (χ2v) is 10.1. The molecule has 3 heterocycles. The molecule has 3 amide bonds. The van der Waals surface area contributed by atoms with Gasteiger partial charge in [0.2, 0.25) is 5.91 Å². The molecule has 178 valence electrons. The summed E-state index contributed by atoms with van der Waals surface area (Å²) < 4.78 is 14.1. The number of nitrogens with zero attached hydrogens (tertiary/aromatic N) is 3. The maximum atomic E-state index is 14.1. The monoisotopic (exact) mass is 463 g/mol. The molecule has 7 heteroatoms. The van der Waals surface area contributed by atoms with Gasteiger partial charge in [0.1, 0.15) is 5.82 Å². The third-order valence-corrected chi connectivity index (χ3v) is 7.55. The maximum Gasteiger partial charge on any atom is 0.255 e. The maximum absolute atomic E-state index is 14.1. The van der Waals surface area contributed by atoms with Crippen LogP contribution in [0.25, 0.3) is 0 Å². The first kappa shape index (κ1) is 22.6. The molecule has 0 saturated carbocycles. The van der Waals surface area contributed by atoms with Gasteiger partial charge in [-0.3, -0.25) is 14.4 Å². The third kappa shape index (κ3) is 3.32. The van der Waals surface area contributed by atoms with Crippen molar-refractivity contribution in [3.63, 3.8) is 0 Å². The highest BCUT2D eigenvalue weighted by molar-refractivity contribution is 6.03. The average molecular weight is 464 g/mol. The molecule has 2 fully saturated rings. The Bertz CT molecular complexity index is 1170. The predicted molar refractivity (Wildman–Crippen MR) is 126 cm³/mol. The van der Waals surface area contributed by atoms with Crippen molar-refractivity contribution in [1.82, 2.24) is 14.7 Å². The minimum atomic E-state index is -0.821. The molecule has 0 radical (unpaired) electrons. The van der Waals surface area contributed by atoms with E-state index in [1.165, 1.54) is 6.07 Å². The zero-order chi connectivity index (χ0) is 24.2. The van der Waals surface area contributed by atoms with Crippen molar-refractivity contribution < 1.29 is 18.8 Å². The zero-order valence-corrected chi connectivity index (χ0v) is 19.9. The highest BCUT2D eigenvalue weighted by Crippen LogP contribution is 2.48. The van der Waals surface area contributed by atoms with Gasteiger partial charge in [-0.05, 0) is 62.9 Å². The van der Waals surface area contributed by atoms with Crippen molar-refractivity contribution in [2.45, 2.75) is 51.1 Å². The van der Waals surface area contributed by atoms with E-state index in [0.29, 0.717) is 24.2 Å². The summed E-state index contributed by atoms with van der Waals surface area (Å²) in [6.45, 7) is 7.47. The van der Waals surface area contributed by atoms with Crippen LogP contribution >= 0.6 is 0 Å². The molecule has 34 heavy (non-hydrogen) atoms. The van der Waals surface area contributed by atoms with Crippen LogP contribution in [0.2, 0.25) is 0 Å². The molecular weight excluding hydrogens is 433 g/mol. The molecule has 0 bridgehead atoms. The summed E-state index contributed by atoms with van der Waals surface area (Å²) >= 11 is 0. The molecule has 1 atom stereocenters. The van der Waals surface area contributed by atoms with Crippen molar-refractivity contribution in [3.8, 4) is 0 Å². The van der Waals surface area contributed by atoms with Crippen molar-refractivity contribution >= 4 is 17.7 Å². The van der Waals surface area contributed by atoms with E-state index in [-0.39, 0.29) is 42.4 Å². The number of likely N-dealkylation sites (tertiary alicyclic amines) is 2. The number of halogens is 1. The second-order valence-electron chi connectivity index (χ2n) is 10.1. The van der Waals surface area contributed by atoms with Crippen molar-refractivity contribution in [2.75, 3.05) is 26.2 Å². The Morgan fingerprint density at radius 2 is 1.71 bits per heavy atom. The fraction of sp³-hybridized carbons (Fsp3) is 0.444. The smallest absolute Gasteiger partial charge is 0.255 e. The predicted octanol–water partition coefficient (Wildman–Crippen LogP) is 3.60. The molecule has 3 aliphatic rings. The van der Waals surface area contributed by atoms with E-state index in [1.807, 2.05) is 41.8 Å². The summed E-state index contributed by atoms with van der Waals surface area (Å²) in [5.41, 5.74) is 1.24. The molecule has 0 aromatic heterocycles. The van der Waals surface area contributed by atoms with Crippen LogP contribution in [0, 0.1) is 12.7 Å². The fourth-order valence-corrected chi connectivity index (χ4v) is 5.94. The molecule has 6 nitrogen and oxygen atoms in total. The molecular formula is C27H30FN3O3. The van der Waals surface area contributed by atoms with Gasteiger partial charge in [0.15, 0.2) is 0 Å². The van der Waals surface area contributed by atoms with Gasteiger partial charge in [0.05, 0.1) is 11.5 Å². The van der Waals surface area contributed by atoms with E-state index in [2.05, 4.69) is 0 Å². The van der Waals surface area contributed by atoms with Gasteiger partial charge in [-0.15, -0.1) is 0 Å². The van der Waals surface area contributed by atoms with Crippen LogP contribution in [0.15, 0.2) is 42.5 Å². The number of benzene rings is 2. The average Bonchev–Trinajstić information content (AvgIpc) is 3.33. The van der Waals surface area contributed by atoms with E-state index < -0.39 is 17.3 Å². The fourth-order valence-electron chi connectivity index (χ4n) is 5.94. The van der Waals surface area contributed by atoms with E-state index in [4.69, 9.17) is 0 Å². The van der Waals surface area contributed by atoms with Crippen LogP contribution in [-0.2, 0) is 4.79 Å². The Labute approximate surface area is 199 Å². The van der Waals surface area contributed by atoms with Crippen LogP contribution in [0.4, 0.5) is 4.39 Å². The van der Waals surface area contributed by atoms with Crippen LogP contribution in [0.1, 0.15) is 64.4 Å². The number of amides is 3. The first-order valence-electron chi connectivity index (χ1n) is 12.0. The van der Waals surface area contributed by atoms with E-state index in [9.17, 15) is 18.8 Å². The Hall–Kier alpha value is -3.22. The molecule has 5 rings (SSSR count). The summed E-state index contributed by atoms with van der Waals surface area (Å²) in [7, 11) is 0. The highest BCUT2D eigenvalue weighted by Gasteiger charge is 2.62. The van der Waals surface area contributed by atoms with Gasteiger partial charge in [0.25, 0.3) is 11.8 Å². The van der Waals surface area contributed by atoms with E-state index in [0.717, 1.165) is 18.4 Å². The van der Waals surface area contributed by atoms with E-state index in [1.54, 1.807) is 30.0 Å². The lowest BCUT2D eigenvalue weighted by Gasteiger charge is -2.62. The Morgan fingerprint density at radius 1 is 1.03 bits per heavy atom. The summed E-state index contributed by atoms with van der Waals surface area (Å²) in [6, 6.07) is 11.7. The molecule has 3 aliphatic heterocycles. The number of fused-ring (bicyclic) bond motifs is 1. The standard InChI is InChI=1S/C27H30FN3O3/c1-17(2)31-25(33)21-9-5-4-8-20(21)23(26(34)29-12-6-7-13-29)27(31)15-30(16-27)24(32)19-11-10-18(3)22(28)14-19/h4-5,8-11,14,17,23H,6-7,12-13,15-16H2,1-3H3. The second kappa shape index (κ2) is 8.22. The number of hydrogen-bond acceptors (Lipinski definition) is 3. The summed E-state index contributed by atoms with van der Waals surface area (Å²) in [5, 5.41) is 0.